The zero-order chi connectivity index (χ0) is 15.5. The molecule has 6 nitrogen and oxygen atoms in total. The summed E-state index contributed by atoms with van der Waals surface area (Å²) >= 11 is 0. The van der Waals surface area contributed by atoms with Crippen LogP contribution in [-0.2, 0) is 4.74 Å². The predicted molar refractivity (Wildman–Crippen MR) is 75.5 cm³/mol. The largest absolute Gasteiger partial charge is 0.453 e. The highest BCUT2D eigenvalue weighted by atomic mass is 16.6. The lowest BCUT2D eigenvalue weighted by Gasteiger charge is -2.28. The van der Waals surface area contributed by atoms with Crippen molar-refractivity contribution >= 4 is 6.09 Å². The number of carbonyl (C=O) groups is 1. The SMILES string of the molecule is CC(C)(C)OC(=O)N1CCCC1Oc1ccc(C#N)cn1. The number of carbonyl (C=O) groups excluding carboxylic acids is 1. The smallest absolute Gasteiger partial charge is 0.413 e. The second kappa shape index (κ2) is 6.00. The Morgan fingerprint density at radius 1 is 1.48 bits per heavy atom. The fourth-order valence-electron chi connectivity index (χ4n) is 2.04. The van der Waals surface area contributed by atoms with Crippen LogP contribution in [0.5, 0.6) is 5.88 Å². The highest BCUT2D eigenvalue weighted by Gasteiger charge is 2.33. The van der Waals surface area contributed by atoms with E-state index in [2.05, 4.69) is 4.98 Å². The molecule has 21 heavy (non-hydrogen) atoms. The van der Waals surface area contributed by atoms with Crippen molar-refractivity contribution in [2.75, 3.05) is 6.54 Å². The Morgan fingerprint density at radius 2 is 2.24 bits per heavy atom. The van der Waals surface area contributed by atoms with Crippen molar-refractivity contribution in [1.29, 1.82) is 5.26 Å². The first-order valence-electron chi connectivity index (χ1n) is 6.91. The van der Waals surface area contributed by atoms with E-state index in [4.69, 9.17) is 14.7 Å². The molecule has 1 aromatic rings. The third-order valence-electron chi connectivity index (χ3n) is 2.95. The van der Waals surface area contributed by atoms with Crippen LogP contribution in [0.15, 0.2) is 18.3 Å². The van der Waals surface area contributed by atoms with E-state index in [1.165, 1.54) is 6.20 Å². The van der Waals surface area contributed by atoms with Crippen LogP contribution < -0.4 is 4.74 Å². The third kappa shape index (κ3) is 4.09. The van der Waals surface area contributed by atoms with Crippen LogP contribution in [0.2, 0.25) is 0 Å². The van der Waals surface area contributed by atoms with Gasteiger partial charge in [0.1, 0.15) is 11.7 Å². The molecule has 0 radical (unpaired) electrons. The van der Waals surface area contributed by atoms with Gasteiger partial charge < -0.3 is 9.47 Å². The van der Waals surface area contributed by atoms with Crippen LogP contribution >= 0.6 is 0 Å². The van der Waals surface area contributed by atoms with E-state index in [0.29, 0.717) is 18.0 Å². The van der Waals surface area contributed by atoms with Gasteiger partial charge in [-0.2, -0.15) is 5.26 Å². The van der Waals surface area contributed by atoms with E-state index in [1.807, 2.05) is 26.8 Å². The molecule has 1 amide bonds. The summed E-state index contributed by atoms with van der Waals surface area (Å²) in [4.78, 5) is 17.8. The van der Waals surface area contributed by atoms with Gasteiger partial charge in [0.05, 0.1) is 5.56 Å². The van der Waals surface area contributed by atoms with Crippen LogP contribution in [0, 0.1) is 11.3 Å². The number of nitriles is 1. The molecule has 1 atom stereocenters. The fraction of sp³-hybridized carbons (Fsp3) is 0.533. The summed E-state index contributed by atoms with van der Waals surface area (Å²) in [5.41, 5.74) is -0.0607. The van der Waals surface area contributed by atoms with Gasteiger partial charge in [-0.1, -0.05) is 0 Å². The summed E-state index contributed by atoms with van der Waals surface area (Å²) in [7, 11) is 0. The minimum atomic E-state index is -0.531. The number of hydrogen-bond acceptors (Lipinski definition) is 5. The molecule has 0 N–H and O–H groups in total. The monoisotopic (exact) mass is 289 g/mol. The summed E-state index contributed by atoms with van der Waals surface area (Å²) in [6, 6.07) is 5.26. The minimum absolute atomic E-state index is 0.375. The van der Waals surface area contributed by atoms with Crippen LogP contribution in [0.3, 0.4) is 0 Å². The van der Waals surface area contributed by atoms with Crippen molar-refractivity contribution in [1.82, 2.24) is 9.88 Å². The van der Waals surface area contributed by atoms with Crippen molar-refractivity contribution < 1.29 is 14.3 Å². The lowest BCUT2D eigenvalue weighted by Crippen LogP contribution is -2.42. The molecule has 1 unspecified atom stereocenters. The second-order valence-electron chi connectivity index (χ2n) is 5.89. The van der Waals surface area contributed by atoms with Crippen molar-refractivity contribution in [3.63, 3.8) is 0 Å². The molecular formula is C15H19N3O3. The Morgan fingerprint density at radius 3 is 2.81 bits per heavy atom. The number of ether oxygens (including phenoxy) is 2. The van der Waals surface area contributed by atoms with Crippen LogP contribution in [-0.4, -0.2) is 34.4 Å². The maximum absolute atomic E-state index is 12.1. The molecule has 0 aliphatic carbocycles. The molecule has 1 aliphatic rings. The number of amides is 1. The highest BCUT2D eigenvalue weighted by Crippen LogP contribution is 2.23. The Bertz CT molecular complexity index is 543. The van der Waals surface area contributed by atoms with Crippen LogP contribution in [0.1, 0.15) is 39.2 Å². The average Bonchev–Trinajstić information content (AvgIpc) is 2.86. The van der Waals surface area contributed by atoms with Gasteiger partial charge in [0.2, 0.25) is 5.88 Å². The van der Waals surface area contributed by atoms with Gasteiger partial charge in [-0.3, -0.25) is 4.90 Å². The Labute approximate surface area is 124 Å². The van der Waals surface area contributed by atoms with E-state index >= 15 is 0 Å². The topological polar surface area (TPSA) is 75.4 Å². The van der Waals surface area contributed by atoms with Gasteiger partial charge in [-0.25, -0.2) is 9.78 Å². The Kier molecular flexibility index (Phi) is 4.32. The molecule has 1 aliphatic heterocycles. The number of aromatic nitrogens is 1. The van der Waals surface area contributed by atoms with Crippen molar-refractivity contribution in [2.45, 2.75) is 45.4 Å². The molecule has 2 rings (SSSR count). The summed E-state index contributed by atoms with van der Waals surface area (Å²) in [6.07, 6.45) is 2.29. The average molecular weight is 289 g/mol. The molecule has 0 bridgehead atoms. The molecule has 2 heterocycles. The van der Waals surface area contributed by atoms with Gasteiger partial charge in [-0.15, -0.1) is 0 Å². The summed E-state index contributed by atoms with van der Waals surface area (Å²) in [5.74, 6) is 0.398. The van der Waals surface area contributed by atoms with Crippen molar-refractivity contribution in [3.05, 3.63) is 23.9 Å². The Hall–Kier alpha value is -2.29. The normalized spacial score (nSPS) is 18.2. The highest BCUT2D eigenvalue weighted by molar-refractivity contribution is 5.68. The zero-order valence-electron chi connectivity index (χ0n) is 12.5. The van der Waals surface area contributed by atoms with Gasteiger partial charge in [0, 0.05) is 25.2 Å². The molecule has 0 spiro atoms. The van der Waals surface area contributed by atoms with E-state index < -0.39 is 5.60 Å². The molecule has 1 saturated heterocycles. The molecule has 112 valence electrons. The van der Waals surface area contributed by atoms with Gasteiger partial charge in [-0.05, 0) is 33.3 Å². The molecule has 1 fully saturated rings. The van der Waals surface area contributed by atoms with Crippen molar-refractivity contribution in [2.24, 2.45) is 0 Å². The van der Waals surface area contributed by atoms with Gasteiger partial charge in [0.15, 0.2) is 6.23 Å². The molecular weight excluding hydrogens is 270 g/mol. The second-order valence-corrected chi connectivity index (χ2v) is 5.89. The number of rotatable bonds is 2. The van der Waals surface area contributed by atoms with E-state index in [9.17, 15) is 4.79 Å². The minimum Gasteiger partial charge on any atom is -0.453 e. The first kappa shape index (κ1) is 15.1. The lowest BCUT2D eigenvalue weighted by molar-refractivity contribution is -0.00614. The Balaban J connectivity index is 2.01. The van der Waals surface area contributed by atoms with Crippen LogP contribution in [0.25, 0.3) is 0 Å². The maximum atomic E-state index is 12.1. The summed E-state index contributed by atoms with van der Waals surface area (Å²) in [6.45, 7) is 6.10. The zero-order valence-corrected chi connectivity index (χ0v) is 12.5. The maximum Gasteiger partial charge on any atom is 0.413 e. The quantitative estimate of drug-likeness (QED) is 0.836. The first-order chi connectivity index (χ1) is 9.89. The third-order valence-corrected chi connectivity index (χ3v) is 2.95. The van der Waals surface area contributed by atoms with Gasteiger partial charge in [0.25, 0.3) is 0 Å². The first-order valence-corrected chi connectivity index (χ1v) is 6.91. The standard InChI is InChI=1S/C15H19N3O3/c1-15(2,3)21-14(19)18-8-4-5-13(18)20-12-7-6-11(9-16)10-17-12/h6-7,10,13H,4-5,8H2,1-3H3. The number of nitrogens with zero attached hydrogens (tertiary/aromatic N) is 3. The molecule has 0 saturated carbocycles. The van der Waals surface area contributed by atoms with Crippen LogP contribution in [0.4, 0.5) is 4.79 Å². The molecule has 1 aromatic heterocycles. The van der Waals surface area contributed by atoms with E-state index in [0.717, 1.165) is 12.8 Å². The van der Waals surface area contributed by atoms with E-state index in [1.54, 1.807) is 17.0 Å². The summed E-state index contributed by atoms with van der Waals surface area (Å²) < 4.78 is 11.1. The van der Waals surface area contributed by atoms with Crippen molar-refractivity contribution in [3.8, 4) is 11.9 Å². The number of hydrogen-bond donors (Lipinski definition) is 0. The summed E-state index contributed by atoms with van der Waals surface area (Å²) in [5, 5.41) is 8.74. The predicted octanol–water partition coefficient (Wildman–Crippen LogP) is 2.69. The molecule has 6 heteroatoms. The number of likely N-dealkylation sites (tertiary alicyclic amines) is 1. The number of pyridine rings is 1. The lowest BCUT2D eigenvalue weighted by atomic mass is 10.2. The fourth-order valence-corrected chi connectivity index (χ4v) is 2.04. The van der Waals surface area contributed by atoms with E-state index in [-0.39, 0.29) is 12.3 Å². The van der Waals surface area contributed by atoms with Gasteiger partial charge >= 0.3 is 6.09 Å². The molecule has 0 aromatic carbocycles.